The Morgan fingerprint density at radius 1 is 0.471 bits per heavy atom. The monoisotopic (exact) mass is 696 g/mol. The molecular formula is C45H42B2N2S2. The molecule has 0 radical (unpaired) electrons. The molecule has 250 valence electrons. The van der Waals surface area contributed by atoms with Gasteiger partial charge in [-0.2, -0.15) is 0 Å². The third-order valence-corrected chi connectivity index (χ3v) is 12.6. The zero-order valence-electron chi connectivity index (χ0n) is 28.6. The molecule has 51 heavy (non-hydrogen) atoms. The van der Waals surface area contributed by atoms with Crippen molar-refractivity contribution >= 4 is 81.0 Å². The maximum Gasteiger partial charge on any atom is 0.329 e. The van der Waals surface area contributed by atoms with Crippen molar-refractivity contribution in [3.8, 4) is 20.9 Å². The Morgan fingerprint density at radius 2 is 0.824 bits per heavy atom. The van der Waals surface area contributed by atoms with E-state index in [1.165, 1.54) is 75.2 Å². The molecule has 2 aromatic heterocycles. The maximum atomic E-state index is 2.62. The molecule has 0 bridgehead atoms. The van der Waals surface area contributed by atoms with Crippen molar-refractivity contribution < 1.29 is 0 Å². The summed E-state index contributed by atoms with van der Waals surface area (Å²) in [6.45, 7) is 4.73. The van der Waals surface area contributed by atoms with Crippen LogP contribution in [0.25, 0.3) is 20.9 Å². The quantitative estimate of drug-likeness (QED) is 0.146. The van der Waals surface area contributed by atoms with Crippen LogP contribution >= 0.6 is 22.7 Å². The fourth-order valence-electron chi connectivity index (χ4n) is 8.06. The van der Waals surface area contributed by atoms with Crippen molar-refractivity contribution in [3.05, 3.63) is 155 Å². The molecule has 7 aromatic rings. The first-order valence-electron chi connectivity index (χ1n) is 18.0. The zero-order chi connectivity index (χ0) is 33.6. The summed E-state index contributed by atoms with van der Waals surface area (Å²) < 4.78 is 0. The van der Waals surface area contributed by atoms with Gasteiger partial charge in [0.2, 0.25) is 0 Å². The van der Waals surface area contributed by atoms with E-state index in [9.17, 15) is 0 Å². The van der Waals surface area contributed by atoms with Gasteiger partial charge in [0, 0.05) is 53.4 Å². The lowest BCUT2D eigenvalue weighted by Gasteiger charge is -2.41. The van der Waals surface area contributed by atoms with E-state index in [0.29, 0.717) is 0 Å². The predicted molar refractivity (Wildman–Crippen MR) is 228 cm³/mol. The van der Waals surface area contributed by atoms with Crippen molar-refractivity contribution in [1.29, 1.82) is 0 Å². The minimum absolute atomic E-state index is 0. The van der Waals surface area contributed by atoms with Crippen molar-refractivity contribution in [2.75, 3.05) is 9.62 Å². The van der Waals surface area contributed by atoms with Crippen molar-refractivity contribution in [2.24, 2.45) is 0 Å². The van der Waals surface area contributed by atoms with Gasteiger partial charge in [-0.15, -0.1) is 22.7 Å². The average Bonchev–Trinajstić information content (AvgIpc) is 3.79. The van der Waals surface area contributed by atoms with Crippen LogP contribution in [-0.4, -0.2) is 13.7 Å². The molecule has 0 unspecified atom stereocenters. The Morgan fingerprint density at radius 3 is 1.18 bits per heavy atom. The van der Waals surface area contributed by atoms with E-state index in [2.05, 4.69) is 169 Å². The van der Waals surface area contributed by atoms with E-state index in [0.717, 1.165) is 25.7 Å². The van der Waals surface area contributed by atoms with Crippen LogP contribution in [0, 0.1) is 0 Å². The topological polar surface area (TPSA) is 6.48 Å². The smallest absolute Gasteiger partial charge is 0.329 e. The van der Waals surface area contributed by atoms with Crippen LogP contribution < -0.4 is 31.5 Å². The summed E-state index contributed by atoms with van der Waals surface area (Å²) >= 11 is 3.99. The zero-order valence-corrected chi connectivity index (χ0v) is 30.2. The van der Waals surface area contributed by atoms with Gasteiger partial charge in [-0.05, 0) is 60.2 Å². The number of anilines is 4. The van der Waals surface area contributed by atoms with E-state index in [-0.39, 0.29) is 21.1 Å². The Kier molecular flexibility index (Phi) is 9.23. The molecule has 2 nitrogen and oxygen atoms in total. The van der Waals surface area contributed by atoms with Gasteiger partial charge in [-0.1, -0.05) is 154 Å². The first-order chi connectivity index (χ1) is 24.7. The molecule has 0 N–H and O–H groups in total. The first-order valence-corrected chi connectivity index (χ1v) is 19.6. The van der Waals surface area contributed by atoms with Crippen LogP contribution in [0.3, 0.4) is 0 Å². The SMILES string of the molecule is C.CCCc1cc2c(s1)-c1cc3c(cc1N(c1ccccc1)B2c1ccccc1)-c1sc(CCC)cc1B(c1ccccc1)N3c1ccccc1. The van der Waals surface area contributed by atoms with Crippen LogP contribution in [0.2, 0.25) is 0 Å². The lowest BCUT2D eigenvalue weighted by molar-refractivity contribution is 0.940. The largest absolute Gasteiger partial charge is 0.376 e. The number of hydrogen-bond donors (Lipinski definition) is 0. The fourth-order valence-corrected chi connectivity index (χ4v) is 10.7. The molecule has 0 atom stereocenters. The summed E-state index contributed by atoms with van der Waals surface area (Å²) in [4.78, 5) is 11.0. The Labute approximate surface area is 312 Å². The molecule has 0 fully saturated rings. The Balaban J connectivity index is 0.00000374. The predicted octanol–water partition coefficient (Wildman–Crippen LogP) is 10.2. The molecule has 0 saturated carbocycles. The Hall–Kier alpha value is -4.77. The molecule has 9 rings (SSSR count). The highest BCUT2D eigenvalue weighted by Gasteiger charge is 2.43. The summed E-state index contributed by atoms with van der Waals surface area (Å²) in [5.41, 5.74) is 13.1. The van der Waals surface area contributed by atoms with E-state index >= 15 is 0 Å². The van der Waals surface area contributed by atoms with Gasteiger partial charge in [0.05, 0.1) is 0 Å². The number of fused-ring (bicyclic) bond motifs is 6. The molecular weight excluding hydrogens is 654 g/mol. The third kappa shape index (κ3) is 5.75. The highest BCUT2D eigenvalue weighted by molar-refractivity contribution is 7.19. The van der Waals surface area contributed by atoms with Crippen LogP contribution in [0.15, 0.2) is 146 Å². The Bertz CT molecular complexity index is 2100. The maximum absolute atomic E-state index is 2.62. The molecule has 2 aliphatic rings. The van der Waals surface area contributed by atoms with Crippen LogP contribution in [-0.2, 0) is 12.8 Å². The molecule has 2 aliphatic heterocycles. The lowest BCUT2D eigenvalue weighted by atomic mass is 9.46. The highest BCUT2D eigenvalue weighted by atomic mass is 32.1. The lowest BCUT2D eigenvalue weighted by Crippen LogP contribution is -2.58. The van der Waals surface area contributed by atoms with Gasteiger partial charge in [0.1, 0.15) is 0 Å². The summed E-state index contributed by atoms with van der Waals surface area (Å²) in [6.07, 6.45) is 4.46. The van der Waals surface area contributed by atoms with Gasteiger partial charge >= 0.3 is 13.7 Å². The molecule has 0 spiro atoms. The minimum atomic E-state index is 0. The average molecular weight is 697 g/mol. The van der Waals surface area contributed by atoms with Crippen LogP contribution in [0.4, 0.5) is 22.7 Å². The molecule has 0 amide bonds. The standard InChI is InChI=1S/C44H38B2N2S2.CH4/c1-3-17-35-27-39-43(49-35)37-29-42-38(30-41(37)47(33-23-13-7-14-24-33)45(39)31-19-9-5-10-20-31)44-40(28-36(50-44)18-4-2)46(32-21-11-6-12-22-32)48(42)34-25-15-8-16-26-34;/h5-16,19-30H,3-4,17-18H2,1-2H3;1H4. The van der Waals surface area contributed by atoms with Gasteiger partial charge in [-0.3, -0.25) is 0 Å². The van der Waals surface area contributed by atoms with E-state index in [4.69, 9.17) is 0 Å². The van der Waals surface area contributed by atoms with Crippen molar-refractivity contribution in [3.63, 3.8) is 0 Å². The summed E-state index contributed by atoms with van der Waals surface area (Å²) in [5, 5.41) is 0. The highest BCUT2D eigenvalue weighted by Crippen LogP contribution is 2.51. The number of para-hydroxylation sites is 2. The molecule has 0 saturated heterocycles. The van der Waals surface area contributed by atoms with Crippen molar-refractivity contribution in [2.45, 2.75) is 47.0 Å². The minimum Gasteiger partial charge on any atom is -0.376 e. The summed E-state index contributed by atoms with van der Waals surface area (Å²) in [5.74, 6) is 0. The number of thiophene rings is 2. The molecule has 5 aromatic carbocycles. The third-order valence-electron chi connectivity index (χ3n) is 10.1. The van der Waals surface area contributed by atoms with Crippen LogP contribution in [0.5, 0.6) is 0 Å². The fraction of sp³-hybridized carbons (Fsp3) is 0.156. The number of aryl methyl sites for hydroxylation is 2. The van der Waals surface area contributed by atoms with Gasteiger partial charge in [-0.25, -0.2) is 0 Å². The van der Waals surface area contributed by atoms with Crippen LogP contribution in [0.1, 0.15) is 43.9 Å². The van der Waals surface area contributed by atoms with Gasteiger partial charge in [0.15, 0.2) is 0 Å². The summed E-state index contributed by atoms with van der Waals surface area (Å²) in [7, 11) is 0. The number of nitrogens with zero attached hydrogens (tertiary/aromatic N) is 2. The molecule has 6 heteroatoms. The number of hydrogen-bond acceptors (Lipinski definition) is 4. The van der Waals surface area contributed by atoms with E-state index in [1.54, 1.807) is 0 Å². The summed E-state index contributed by atoms with van der Waals surface area (Å²) in [6, 6.07) is 54.4. The normalized spacial score (nSPS) is 12.9. The number of benzene rings is 5. The van der Waals surface area contributed by atoms with E-state index < -0.39 is 0 Å². The van der Waals surface area contributed by atoms with Gasteiger partial charge in [0.25, 0.3) is 0 Å². The van der Waals surface area contributed by atoms with E-state index in [1.807, 2.05) is 22.7 Å². The second kappa shape index (κ2) is 14.1. The van der Waals surface area contributed by atoms with Gasteiger partial charge < -0.3 is 9.62 Å². The molecule has 4 heterocycles. The number of rotatable bonds is 8. The van der Waals surface area contributed by atoms with Crippen molar-refractivity contribution in [1.82, 2.24) is 0 Å². The second-order valence-electron chi connectivity index (χ2n) is 13.4. The molecule has 0 aliphatic carbocycles. The first kappa shape index (κ1) is 33.4. The second-order valence-corrected chi connectivity index (χ2v) is 15.7.